The van der Waals surface area contributed by atoms with Crippen LogP contribution in [-0.2, 0) is 38.6 Å². The number of likely N-dealkylation sites (N-methyl/N-ethyl adjacent to an activating group) is 2. The molecule has 1 aromatic carbocycles. The summed E-state index contributed by atoms with van der Waals surface area (Å²) in [5.41, 5.74) is 4.31. The minimum atomic E-state index is -2.70. The topological polar surface area (TPSA) is 194 Å². The highest BCUT2D eigenvalue weighted by molar-refractivity contribution is 6.25. The molecule has 3 aliphatic rings. The Bertz CT molecular complexity index is 1310. The van der Waals surface area contributed by atoms with Crippen LogP contribution in [0.3, 0.4) is 0 Å². The number of hydrogen-bond acceptors (Lipinski definition) is 10. The summed E-state index contributed by atoms with van der Waals surface area (Å²) in [6, 6.07) is 0.818. The number of amides is 2. The summed E-state index contributed by atoms with van der Waals surface area (Å²) < 4.78 is 0. The SMILES string of the molecule is CCc1cc(CNC(=O)CN(C)C)c(O)c2c1C[C@H]1C[C@H]3[C@@H](N(C)C)C(O)C(C(N)=O)C(=O)[C@@]3(O)C(=O)C1=C2O. The number of fused-ring (bicyclic) bond motifs is 3. The largest absolute Gasteiger partial charge is 0.507 e. The van der Waals surface area contributed by atoms with Gasteiger partial charge in [-0.3, -0.25) is 19.2 Å². The van der Waals surface area contributed by atoms with Crippen LogP contribution in [0.15, 0.2) is 11.6 Å². The van der Waals surface area contributed by atoms with E-state index in [2.05, 4.69) is 5.32 Å². The lowest BCUT2D eigenvalue weighted by Crippen LogP contribution is -2.73. The van der Waals surface area contributed by atoms with Crippen LogP contribution in [0.2, 0.25) is 0 Å². The van der Waals surface area contributed by atoms with Crippen LogP contribution < -0.4 is 11.1 Å². The van der Waals surface area contributed by atoms with Gasteiger partial charge in [0.15, 0.2) is 11.4 Å². The fourth-order valence-corrected chi connectivity index (χ4v) is 6.80. The van der Waals surface area contributed by atoms with E-state index in [-0.39, 0.29) is 48.7 Å². The minimum absolute atomic E-state index is 0.0219. The molecule has 0 radical (unpaired) electrons. The number of carbonyl (C=O) groups is 4. The maximum atomic E-state index is 14.0. The van der Waals surface area contributed by atoms with Crippen LogP contribution in [0.25, 0.3) is 5.76 Å². The number of hydrogen-bond donors (Lipinski definition) is 6. The third-order valence-corrected chi connectivity index (χ3v) is 8.58. The first kappa shape index (κ1) is 29.7. The van der Waals surface area contributed by atoms with E-state index in [1.807, 2.05) is 6.92 Å². The molecule has 2 fully saturated rings. The molecule has 0 heterocycles. The number of ketones is 2. The predicted octanol–water partition coefficient (Wildman–Crippen LogP) is -1.13. The van der Waals surface area contributed by atoms with Crippen LogP contribution in [0.5, 0.6) is 5.75 Å². The molecule has 1 aromatic rings. The molecule has 40 heavy (non-hydrogen) atoms. The Hall–Kier alpha value is -3.32. The van der Waals surface area contributed by atoms with Gasteiger partial charge in [0.05, 0.1) is 18.2 Å². The number of primary amides is 1. The van der Waals surface area contributed by atoms with Crippen molar-refractivity contribution in [1.29, 1.82) is 0 Å². The van der Waals surface area contributed by atoms with Gasteiger partial charge in [-0.15, -0.1) is 0 Å². The van der Waals surface area contributed by atoms with Crippen molar-refractivity contribution in [3.05, 3.63) is 33.9 Å². The second-order valence-electron chi connectivity index (χ2n) is 11.6. The van der Waals surface area contributed by atoms with Crippen molar-refractivity contribution >= 4 is 29.1 Å². The van der Waals surface area contributed by atoms with E-state index >= 15 is 0 Å². The van der Waals surface area contributed by atoms with Gasteiger partial charge in [-0.25, -0.2) is 0 Å². The minimum Gasteiger partial charge on any atom is -0.507 e. The van der Waals surface area contributed by atoms with E-state index in [0.29, 0.717) is 17.5 Å². The molecule has 218 valence electrons. The molecule has 6 atom stereocenters. The maximum absolute atomic E-state index is 14.0. The second-order valence-corrected chi connectivity index (χ2v) is 11.6. The molecule has 0 aliphatic heterocycles. The monoisotopic (exact) mass is 558 g/mol. The zero-order valence-electron chi connectivity index (χ0n) is 23.4. The normalized spacial score (nSPS) is 29.8. The lowest BCUT2D eigenvalue weighted by Gasteiger charge is -2.53. The van der Waals surface area contributed by atoms with Gasteiger partial charge in [-0.05, 0) is 64.5 Å². The molecule has 12 nitrogen and oxygen atoms in total. The number of nitrogens with one attached hydrogen (secondary N) is 1. The molecule has 0 saturated heterocycles. The molecular formula is C28H38N4O8. The standard InChI is InChI=1S/C28H38N4O8/c1-6-12-7-14(10-30-17(33)11-31(2)3)22(34)19-15(12)8-13-9-16-21(32(4)5)24(36)20(27(29)39)26(38)28(16,40)25(37)18(13)23(19)35/h7,13,16,20-21,24,34-36,40H,6,8-11H2,1-5H3,(H2,29,39)(H,30,33)/t13-,16-,20?,21+,24?,28-/m0/s1. The van der Waals surface area contributed by atoms with Crippen molar-refractivity contribution in [2.45, 2.75) is 50.5 Å². The van der Waals surface area contributed by atoms with E-state index < -0.39 is 58.7 Å². The van der Waals surface area contributed by atoms with Gasteiger partial charge in [0.25, 0.3) is 0 Å². The number of Topliss-reactive ketones (excluding diaryl/α,β-unsaturated/α-hetero) is 2. The molecule has 2 saturated carbocycles. The average Bonchev–Trinajstić information content (AvgIpc) is 2.85. The number of aromatic hydroxyl groups is 1. The number of phenolic OH excluding ortho intramolecular Hbond substituents is 1. The molecule has 2 unspecified atom stereocenters. The number of rotatable bonds is 7. The van der Waals surface area contributed by atoms with Crippen LogP contribution in [0, 0.1) is 17.8 Å². The summed E-state index contributed by atoms with van der Waals surface area (Å²) in [4.78, 5) is 55.0. The number of aliphatic hydroxyl groups is 3. The van der Waals surface area contributed by atoms with Crippen molar-refractivity contribution in [1.82, 2.24) is 15.1 Å². The zero-order chi connectivity index (χ0) is 29.8. The van der Waals surface area contributed by atoms with Crippen molar-refractivity contribution < 1.29 is 39.6 Å². The number of aryl methyl sites for hydroxylation is 1. The molecule has 0 spiro atoms. The second kappa shape index (κ2) is 10.6. The number of carbonyl (C=O) groups excluding carboxylic acids is 4. The molecule has 12 heteroatoms. The van der Waals surface area contributed by atoms with Gasteiger partial charge in [0.1, 0.15) is 17.4 Å². The molecular weight excluding hydrogens is 520 g/mol. The highest BCUT2D eigenvalue weighted by Crippen LogP contribution is 2.53. The van der Waals surface area contributed by atoms with Crippen molar-refractivity contribution in [3.8, 4) is 5.75 Å². The van der Waals surface area contributed by atoms with Gasteiger partial charge in [0, 0.05) is 29.6 Å². The smallest absolute Gasteiger partial charge is 0.234 e. The lowest BCUT2D eigenvalue weighted by atomic mass is 9.54. The van der Waals surface area contributed by atoms with Crippen LogP contribution in [0.4, 0.5) is 0 Å². The summed E-state index contributed by atoms with van der Waals surface area (Å²) in [7, 11) is 6.71. The molecule has 7 N–H and O–H groups in total. The first-order valence-electron chi connectivity index (χ1n) is 13.3. The number of aliphatic hydroxyl groups excluding tert-OH is 2. The molecule has 0 bridgehead atoms. The van der Waals surface area contributed by atoms with Crippen molar-refractivity contribution in [2.24, 2.45) is 23.5 Å². The molecule has 0 aromatic heterocycles. The van der Waals surface area contributed by atoms with Crippen LogP contribution >= 0.6 is 0 Å². The quantitative estimate of drug-likeness (QED) is 0.223. The van der Waals surface area contributed by atoms with Crippen LogP contribution in [0.1, 0.15) is 35.6 Å². The maximum Gasteiger partial charge on any atom is 0.234 e. The highest BCUT2D eigenvalue weighted by Gasteiger charge is 2.67. The zero-order valence-corrected chi connectivity index (χ0v) is 23.4. The van der Waals surface area contributed by atoms with Gasteiger partial charge >= 0.3 is 0 Å². The number of nitrogens with zero attached hydrogens (tertiary/aromatic N) is 2. The summed E-state index contributed by atoms with van der Waals surface area (Å²) in [6.07, 6.45) is -0.699. The fraction of sp³-hybridized carbons (Fsp3) is 0.571. The van der Waals surface area contributed by atoms with Gasteiger partial charge in [0.2, 0.25) is 17.6 Å². The van der Waals surface area contributed by atoms with E-state index in [1.165, 1.54) is 0 Å². The summed E-state index contributed by atoms with van der Waals surface area (Å²) in [5.74, 6) is -8.04. The third-order valence-electron chi connectivity index (χ3n) is 8.58. The third kappa shape index (κ3) is 4.48. The summed E-state index contributed by atoms with van der Waals surface area (Å²) in [6.45, 7) is 2.02. The summed E-state index contributed by atoms with van der Waals surface area (Å²) >= 11 is 0. The van der Waals surface area contributed by atoms with Gasteiger partial charge < -0.3 is 41.3 Å². The molecule has 4 rings (SSSR count). The Labute approximate surface area is 232 Å². The Morgan fingerprint density at radius 3 is 2.35 bits per heavy atom. The fourth-order valence-electron chi connectivity index (χ4n) is 6.80. The Balaban J connectivity index is 1.83. The van der Waals surface area contributed by atoms with Gasteiger partial charge in [-0.1, -0.05) is 13.0 Å². The van der Waals surface area contributed by atoms with Crippen molar-refractivity contribution in [2.75, 3.05) is 34.7 Å². The number of phenols is 1. The first-order valence-corrected chi connectivity index (χ1v) is 13.3. The van der Waals surface area contributed by atoms with E-state index in [1.54, 1.807) is 44.1 Å². The number of nitrogens with two attached hydrogens (primary N) is 1. The Kier molecular flexibility index (Phi) is 7.85. The first-order chi connectivity index (χ1) is 18.7. The molecule has 2 amide bonds. The molecule has 3 aliphatic carbocycles. The number of benzene rings is 1. The predicted molar refractivity (Wildman–Crippen MR) is 144 cm³/mol. The van der Waals surface area contributed by atoms with E-state index in [0.717, 1.165) is 5.56 Å². The Morgan fingerprint density at radius 1 is 1.15 bits per heavy atom. The van der Waals surface area contributed by atoms with Crippen LogP contribution in [-0.4, -0.2) is 106 Å². The van der Waals surface area contributed by atoms with E-state index in [4.69, 9.17) is 5.73 Å². The van der Waals surface area contributed by atoms with E-state index in [9.17, 15) is 39.6 Å². The van der Waals surface area contributed by atoms with Gasteiger partial charge in [-0.2, -0.15) is 0 Å². The van der Waals surface area contributed by atoms with Crippen molar-refractivity contribution in [3.63, 3.8) is 0 Å². The summed E-state index contributed by atoms with van der Waals surface area (Å²) in [5, 5.41) is 48.1. The lowest BCUT2D eigenvalue weighted by molar-refractivity contribution is -0.184. The Morgan fingerprint density at radius 2 is 1.80 bits per heavy atom. The highest BCUT2D eigenvalue weighted by atomic mass is 16.3. The average molecular weight is 559 g/mol.